The van der Waals surface area contributed by atoms with Gasteiger partial charge in [-0.25, -0.2) is 9.69 Å². The van der Waals surface area contributed by atoms with Gasteiger partial charge >= 0.3 is 6.09 Å². The molecule has 0 aliphatic carbocycles. The van der Waals surface area contributed by atoms with Crippen molar-refractivity contribution in [2.45, 2.75) is 38.7 Å². The zero-order valence-electron chi connectivity index (χ0n) is 12.2. The minimum absolute atomic E-state index is 0.0302. The molecule has 1 saturated heterocycles. The number of phenols is 1. The molecule has 0 aromatic heterocycles. The van der Waals surface area contributed by atoms with E-state index in [-0.39, 0.29) is 35.6 Å². The summed E-state index contributed by atoms with van der Waals surface area (Å²) >= 11 is 5.77. The molecule has 1 aliphatic heterocycles. The molecule has 0 saturated carbocycles. The fourth-order valence-electron chi connectivity index (χ4n) is 2.21. The number of ether oxygens (including phenoxy) is 1. The van der Waals surface area contributed by atoms with E-state index in [2.05, 4.69) is 0 Å². The minimum Gasteiger partial charge on any atom is -0.506 e. The van der Waals surface area contributed by atoms with Gasteiger partial charge in [-0.05, 0) is 38.5 Å². The van der Waals surface area contributed by atoms with Crippen molar-refractivity contribution in [1.29, 1.82) is 0 Å². The number of phenolic OH excluding ortho intramolecular Hbond substituents is 1. The average Bonchev–Trinajstić information content (AvgIpc) is 2.73. The molecule has 1 N–H and O–H groups in total. The summed E-state index contributed by atoms with van der Waals surface area (Å²) in [6.07, 6.45) is -0.423. The van der Waals surface area contributed by atoms with Crippen molar-refractivity contribution in [2.24, 2.45) is 0 Å². The summed E-state index contributed by atoms with van der Waals surface area (Å²) in [6, 6.07) is 4.85. The number of halogens is 1. The Balaban J connectivity index is 2.12. The van der Waals surface area contributed by atoms with Crippen LogP contribution in [0.3, 0.4) is 0 Å². The lowest BCUT2D eigenvalue weighted by Gasteiger charge is -2.23. The molecule has 1 heterocycles. The third kappa shape index (κ3) is 3.67. The van der Waals surface area contributed by atoms with Crippen LogP contribution in [0.1, 0.15) is 38.7 Å². The van der Waals surface area contributed by atoms with Gasteiger partial charge < -0.3 is 9.84 Å². The van der Waals surface area contributed by atoms with E-state index in [0.717, 1.165) is 10.5 Å². The van der Waals surface area contributed by atoms with E-state index >= 15 is 0 Å². The minimum atomic E-state index is -0.645. The van der Waals surface area contributed by atoms with Crippen LogP contribution in [0.4, 0.5) is 4.79 Å². The van der Waals surface area contributed by atoms with E-state index in [0.29, 0.717) is 0 Å². The number of rotatable bonds is 1. The number of imide groups is 1. The molecule has 0 radical (unpaired) electrons. The van der Waals surface area contributed by atoms with Crippen LogP contribution in [0.25, 0.3) is 0 Å². The third-order valence-electron chi connectivity index (χ3n) is 3.18. The zero-order valence-corrected chi connectivity index (χ0v) is 13.0. The first-order valence-electron chi connectivity index (χ1n) is 6.69. The number of aromatic hydroxyl groups is 1. The van der Waals surface area contributed by atoms with Crippen LogP contribution in [-0.2, 0) is 9.53 Å². The summed E-state index contributed by atoms with van der Waals surface area (Å²) in [5, 5.41) is 9.89. The highest BCUT2D eigenvalue weighted by Crippen LogP contribution is 2.33. The van der Waals surface area contributed by atoms with Crippen molar-refractivity contribution >= 4 is 23.6 Å². The normalized spacial score (nSPS) is 19.0. The lowest BCUT2D eigenvalue weighted by molar-refractivity contribution is -0.126. The van der Waals surface area contributed by atoms with Crippen molar-refractivity contribution in [3.8, 4) is 5.75 Å². The van der Waals surface area contributed by atoms with E-state index < -0.39 is 11.7 Å². The third-order valence-corrected chi connectivity index (χ3v) is 3.50. The number of likely N-dealkylation sites (tertiary alicyclic amines) is 1. The number of hydrogen-bond acceptors (Lipinski definition) is 4. The predicted octanol–water partition coefficient (Wildman–Crippen LogP) is 3.30. The molecule has 5 nitrogen and oxygen atoms in total. The monoisotopic (exact) mass is 311 g/mol. The topological polar surface area (TPSA) is 66.8 Å². The quantitative estimate of drug-likeness (QED) is 0.864. The Bertz CT molecular complexity index is 580. The fraction of sp³-hybridized carbons (Fsp3) is 0.467. The first kappa shape index (κ1) is 15.6. The molecule has 1 fully saturated rings. The van der Waals surface area contributed by atoms with Crippen LogP contribution in [-0.4, -0.2) is 34.2 Å². The molecule has 1 aromatic carbocycles. The number of nitrogens with zero attached hydrogens (tertiary/aromatic N) is 1. The van der Waals surface area contributed by atoms with Gasteiger partial charge in [-0.3, -0.25) is 4.79 Å². The molecule has 1 aliphatic rings. The summed E-state index contributed by atoms with van der Waals surface area (Å²) in [5.74, 6) is -0.464. The predicted molar refractivity (Wildman–Crippen MR) is 78.4 cm³/mol. The van der Waals surface area contributed by atoms with Crippen molar-refractivity contribution in [3.05, 3.63) is 28.8 Å². The lowest BCUT2D eigenvalue weighted by atomic mass is 9.98. The molecular formula is C15H18ClNO4. The maximum atomic E-state index is 12.0. The first-order valence-corrected chi connectivity index (χ1v) is 7.07. The Labute approximate surface area is 128 Å². The van der Waals surface area contributed by atoms with Crippen LogP contribution in [0.2, 0.25) is 5.02 Å². The first-order chi connectivity index (χ1) is 9.67. The largest absolute Gasteiger partial charge is 0.506 e. The number of amides is 2. The van der Waals surface area contributed by atoms with Gasteiger partial charge in [0.25, 0.3) is 0 Å². The maximum Gasteiger partial charge on any atom is 0.417 e. The molecular weight excluding hydrogens is 294 g/mol. The van der Waals surface area contributed by atoms with Crippen molar-refractivity contribution in [2.75, 3.05) is 6.54 Å². The molecule has 1 atom stereocenters. The average molecular weight is 312 g/mol. The number of carbonyl (C=O) groups excluding carboxylic acids is 2. The van der Waals surface area contributed by atoms with Crippen LogP contribution in [0.5, 0.6) is 5.75 Å². The second-order valence-electron chi connectivity index (χ2n) is 6.10. The van der Waals surface area contributed by atoms with Gasteiger partial charge in [0.05, 0.1) is 5.02 Å². The summed E-state index contributed by atoms with van der Waals surface area (Å²) in [6.45, 7) is 5.50. The van der Waals surface area contributed by atoms with Crippen molar-refractivity contribution in [1.82, 2.24) is 4.90 Å². The number of benzene rings is 1. The van der Waals surface area contributed by atoms with E-state index in [9.17, 15) is 14.7 Å². The highest BCUT2D eigenvalue weighted by molar-refractivity contribution is 6.32. The zero-order chi connectivity index (χ0) is 15.8. The number of hydrogen-bond donors (Lipinski definition) is 1. The molecule has 0 spiro atoms. The van der Waals surface area contributed by atoms with Gasteiger partial charge in [-0.15, -0.1) is 0 Å². The summed E-state index contributed by atoms with van der Waals surface area (Å²) in [5.41, 5.74) is 0.130. The van der Waals surface area contributed by atoms with E-state index in [4.69, 9.17) is 16.3 Å². The van der Waals surface area contributed by atoms with Gasteiger partial charge in [-0.1, -0.05) is 17.7 Å². The molecule has 0 bridgehead atoms. The highest BCUT2D eigenvalue weighted by atomic mass is 35.5. The second-order valence-corrected chi connectivity index (χ2v) is 6.50. The Kier molecular flexibility index (Phi) is 4.14. The smallest absolute Gasteiger partial charge is 0.417 e. The lowest BCUT2D eigenvalue weighted by Crippen LogP contribution is -2.37. The van der Waals surface area contributed by atoms with Crippen LogP contribution in [0, 0.1) is 0 Å². The highest BCUT2D eigenvalue weighted by Gasteiger charge is 2.37. The standard InChI is InChI=1S/C15H18ClNO4/c1-15(2,3)21-14(20)17-8-10(7-13(17)19)9-4-5-11(16)12(18)6-9/h4-6,10,18H,7-8H2,1-3H3/t10-/m0/s1. The Morgan fingerprint density at radius 2 is 2.10 bits per heavy atom. The Morgan fingerprint density at radius 1 is 1.43 bits per heavy atom. The molecule has 114 valence electrons. The Morgan fingerprint density at radius 3 is 2.67 bits per heavy atom. The fourth-order valence-corrected chi connectivity index (χ4v) is 2.33. The molecule has 0 unspecified atom stereocenters. The molecule has 6 heteroatoms. The van der Waals surface area contributed by atoms with Gasteiger partial charge in [0, 0.05) is 18.9 Å². The summed E-state index contributed by atoms with van der Waals surface area (Å²) < 4.78 is 5.21. The maximum absolute atomic E-state index is 12.0. The van der Waals surface area contributed by atoms with Crippen molar-refractivity contribution < 1.29 is 19.4 Å². The van der Waals surface area contributed by atoms with E-state index in [1.54, 1.807) is 32.9 Å². The van der Waals surface area contributed by atoms with E-state index in [1.165, 1.54) is 6.07 Å². The van der Waals surface area contributed by atoms with E-state index in [1.807, 2.05) is 0 Å². The van der Waals surface area contributed by atoms with Gasteiger partial charge in [0.2, 0.25) is 5.91 Å². The molecule has 2 amide bonds. The SMILES string of the molecule is CC(C)(C)OC(=O)N1C[C@@H](c2ccc(Cl)c(O)c2)CC1=O. The molecule has 2 rings (SSSR count). The summed E-state index contributed by atoms with van der Waals surface area (Å²) in [4.78, 5) is 25.1. The van der Waals surface area contributed by atoms with Crippen LogP contribution in [0.15, 0.2) is 18.2 Å². The van der Waals surface area contributed by atoms with Gasteiger partial charge in [-0.2, -0.15) is 0 Å². The van der Waals surface area contributed by atoms with Crippen molar-refractivity contribution in [3.63, 3.8) is 0 Å². The molecule has 21 heavy (non-hydrogen) atoms. The van der Waals surface area contributed by atoms with Gasteiger partial charge in [0.15, 0.2) is 0 Å². The molecule has 1 aromatic rings. The van der Waals surface area contributed by atoms with Crippen LogP contribution >= 0.6 is 11.6 Å². The van der Waals surface area contributed by atoms with Gasteiger partial charge in [0.1, 0.15) is 11.4 Å². The Hall–Kier alpha value is -1.75. The summed E-state index contributed by atoms with van der Waals surface area (Å²) in [7, 11) is 0. The number of carbonyl (C=O) groups is 2. The van der Waals surface area contributed by atoms with Crippen LogP contribution < -0.4 is 0 Å². The second kappa shape index (κ2) is 5.56.